The van der Waals surface area contributed by atoms with Crippen LogP contribution < -0.4 is 5.32 Å². The highest BCUT2D eigenvalue weighted by atomic mass is 16.6. The number of aliphatic hydroxyl groups is 2. The molecule has 2 heterocycles. The van der Waals surface area contributed by atoms with Crippen LogP contribution in [0.2, 0.25) is 0 Å². The number of carbonyl (C=O) groups excluding carboxylic acids is 3. The molecule has 0 aromatic heterocycles. The van der Waals surface area contributed by atoms with Crippen LogP contribution >= 0.6 is 0 Å². The molecule has 0 aromatic carbocycles. The molecule has 2 amide bonds. The maximum Gasteiger partial charge on any atom is 0.410 e. The third-order valence-corrected chi connectivity index (χ3v) is 8.89. The fourth-order valence-corrected chi connectivity index (χ4v) is 5.78. The SMILES string of the molecule is C/C(=C\C=C\[C@@H](C)CNC(=O)C1CCCC1)[C@H]1OC(=O)C[C@@H](O)CC[C@](C)(O)[C@@H](OC(=O)N2CCN(C)CC2)/C=C/[C@@H]1C. The first-order valence-corrected chi connectivity index (χ1v) is 15.9. The molecule has 0 bridgehead atoms. The Morgan fingerprint density at radius 3 is 2.53 bits per heavy atom. The number of aliphatic hydroxyl groups excluding tert-OH is 1. The molecule has 2 aliphatic heterocycles. The van der Waals surface area contributed by atoms with Crippen molar-refractivity contribution in [3.63, 3.8) is 0 Å². The molecule has 3 rings (SSSR count). The van der Waals surface area contributed by atoms with Gasteiger partial charge in [-0.2, -0.15) is 0 Å². The number of amides is 2. The number of ether oxygens (including phenoxy) is 2. The van der Waals surface area contributed by atoms with Gasteiger partial charge in [0.15, 0.2) is 6.10 Å². The van der Waals surface area contributed by atoms with Crippen molar-refractivity contribution in [2.24, 2.45) is 17.8 Å². The number of carbonyl (C=O) groups is 3. The Bertz CT molecular complexity index is 1030. The van der Waals surface area contributed by atoms with Crippen LogP contribution in [0.4, 0.5) is 4.79 Å². The summed E-state index contributed by atoms with van der Waals surface area (Å²) < 4.78 is 11.7. The lowest BCUT2D eigenvalue weighted by atomic mass is 9.89. The highest BCUT2D eigenvalue weighted by molar-refractivity contribution is 5.78. The van der Waals surface area contributed by atoms with Crippen LogP contribution in [-0.4, -0.2) is 102 Å². The normalized spacial score (nSPS) is 32.0. The summed E-state index contributed by atoms with van der Waals surface area (Å²) >= 11 is 0. The minimum Gasteiger partial charge on any atom is -0.457 e. The number of esters is 1. The first-order valence-electron chi connectivity index (χ1n) is 15.9. The predicted octanol–water partition coefficient (Wildman–Crippen LogP) is 3.58. The molecule has 43 heavy (non-hydrogen) atoms. The fourth-order valence-electron chi connectivity index (χ4n) is 5.78. The van der Waals surface area contributed by atoms with Crippen molar-refractivity contribution in [1.29, 1.82) is 0 Å². The second-order valence-corrected chi connectivity index (χ2v) is 13.0. The zero-order valence-electron chi connectivity index (χ0n) is 26.7. The van der Waals surface area contributed by atoms with Gasteiger partial charge in [-0.3, -0.25) is 9.59 Å². The Labute approximate surface area is 257 Å². The lowest BCUT2D eigenvalue weighted by molar-refractivity contribution is -0.151. The van der Waals surface area contributed by atoms with Gasteiger partial charge < -0.3 is 34.8 Å². The molecule has 1 saturated heterocycles. The zero-order chi connectivity index (χ0) is 31.6. The quantitative estimate of drug-likeness (QED) is 0.229. The fraction of sp³-hybridized carbons (Fsp3) is 0.727. The number of nitrogens with one attached hydrogen (secondary N) is 1. The summed E-state index contributed by atoms with van der Waals surface area (Å²) in [7, 11) is 2.00. The molecular weight excluding hydrogens is 550 g/mol. The molecule has 3 aliphatic rings. The Hall–Kier alpha value is -2.69. The van der Waals surface area contributed by atoms with E-state index in [4.69, 9.17) is 9.47 Å². The van der Waals surface area contributed by atoms with Crippen molar-refractivity contribution < 1.29 is 34.1 Å². The van der Waals surface area contributed by atoms with Crippen molar-refractivity contribution in [3.8, 4) is 0 Å². The van der Waals surface area contributed by atoms with Gasteiger partial charge in [0.1, 0.15) is 11.7 Å². The van der Waals surface area contributed by atoms with Gasteiger partial charge in [-0.15, -0.1) is 0 Å². The highest BCUT2D eigenvalue weighted by Gasteiger charge is 2.36. The van der Waals surface area contributed by atoms with E-state index in [1.165, 1.54) is 0 Å². The van der Waals surface area contributed by atoms with E-state index in [0.29, 0.717) is 19.6 Å². The van der Waals surface area contributed by atoms with E-state index < -0.39 is 36.0 Å². The van der Waals surface area contributed by atoms with Crippen molar-refractivity contribution >= 4 is 18.0 Å². The minimum absolute atomic E-state index is 0.124. The number of hydrogen-bond donors (Lipinski definition) is 3. The third kappa shape index (κ3) is 11.1. The monoisotopic (exact) mass is 603 g/mol. The van der Waals surface area contributed by atoms with Gasteiger partial charge >= 0.3 is 12.1 Å². The first kappa shape index (κ1) is 34.8. The Morgan fingerprint density at radius 2 is 1.86 bits per heavy atom. The van der Waals surface area contributed by atoms with E-state index >= 15 is 0 Å². The molecule has 242 valence electrons. The summed E-state index contributed by atoms with van der Waals surface area (Å²) in [5, 5.41) is 24.9. The summed E-state index contributed by atoms with van der Waals surface area (Å²) in [5.41, 5.74) is -0.650. The molecular formula is C33H53N3O7. The Morgan fingerprint density at radius 1 is 1.19 bits per heavy atom. The molecule has 6 atom stereocenters. The summed E-state index contributed by atoms with van der Waals surface area (Å²) in [6, 6.07) is 0. The molecule has 1 aliphatic carbocycles. The lowest BCUT2D eigenvalue weighted by Crippen LogP contribution is -2.50. The smallest absolute Gasteiger partial charge is 0.410 e. The second-order valence-electron chi connectivity index (χ2n) is 13.0. The van der Waals surface area contributed by atoms with Gasteiger partial charge in [-0.25, -0.2) is 4.79 Å². The van der Waals surface area contributed by atoms with Gasteiger partial charge in [0.05, 0.1) is 12.5 Å². The first-order chi connectivity index (χ1) is 20.4. The van der Waals surface area contributed by atoms with Crippen LogP contribution in [-0.2, 0) is 19.1 Å². The molecule has 10 heteroatoms. The maximum absolute atomic E-state index is 13.0. The Kier molecular flexibility index (Phi) is 13.3. The van der Waals surface area contributed by atoms with Crippen LogP contribution in [0.3, 0.4) is 0 Å². The number of likely N-dealkylation sites (N-methyl/N-ethyl adjacent to an activating group) is 1. The average Bonchev–Trinajstić information content (AvgIpc) is 3.50. The predicted molar refractivity (Wildman–Crippen MR) is 165 cm³/mol. The van der Waals surface area contributed by atoms with Crippen LogP contribution in [0.1, 0.15) is 72.6 Å². The number of cyclic esters (lactones) is 1. The van der Waals surface area contributed by atoms with Crippen LogP contribution in [0.25, 0.3) is 0 Å². The molecule has 0 aromatic rings. The number of nitrogens with zero attached hydrogens (tertiary/aromatic N) is 2. The molecule has 0 spiro atoms. The number of allylic oxidation sites excluding steroid dienone is 2. The number of rotatable bonds is 7. The van der Waals surface area contributed by atoms with Crippen LogP contribution in [0, 0.1) is 17.8 Å². The Balaban J connectivity index is 1.71. The van der Waals surface area contributed by atoms with Gasteiger partial charge in [-0.1, -0.05) is 51.0 Å². The van der Waals surface area contributed by atoms with Gasteiger partial charge in [0, 0.05) is 44.6 Å². The molecule has 2 fully saturated rings. The number of hydrogen-bond acceptors (Lipinski definition) is 8. The van der Waals surface area contributed by atoms with Crippen LogP contribution in [0.15, 0.2) is 36.0 Å². The zero-order valence-corrected chi connectivity index (χ0v) is 26.7. The largest absolute Gasteiger partial charge is 0.457 e. The average molecular weight is 604 g/mol. The topological polar surface area (TPSA) is 129 Å². The van der Waals surface area contributed by atoms with E-state index in [9.17, 15) is 24.6 Å². The molecule has 0 unspecified atom stereocenters. The van der Waals surface area contributed by atoms with E-state index in [2.05, 4.69) is 10.2 Å². The lowest BCUT2D eigenvalue weighted by Gasteiger charge is -2.36. The third-order valence-electron chi connectivity index (χ3n) is 8.89. The van der Waals surface area contributed by atoms with Crippen LogP contribution in [0.5, 0.6) is 0 Å². The van der Waals surface area contributed by atoms with Crippen molar-refractivity contribution in [3.05, 3.63) is 36.0 Å². The van der Waals surface area contributed by atoms with Gasteiger partial charge in [-0.05, 0) is 64.1 Å². The summed E-state index contributed by atoms with van der Waals surface area (Å²) in [6.45, 7) is 10.5. The van der Waals surface area contributed by atoms with Crippen molar-refractivity contribution in [2.75, 3.05) is 39.8 Å². The van der Waals surface area contributed by atoms with Crippen molar-refractivity contribution in [1.82, 2.24) is 15.1 Å². The van der Waals surface area contributed by atoms with E-state index in [-0.39, 0.29) is 42.9 Å². The van der Waals surface area contributed by atoms with E-state index in [0.717, 1.165) is 44.3 Å². The van der Waals surface area contributed by atoms with Crippen molar-refractivity contribution in [2.45, 2.75) is 96.6 Å². The standard InChI is InChI=1S/C33H53N3O7/c1-23(22-34-31(39)26-11-6-7-12-26)9-8-10-24(2)30-25(3)13-14-28(42-32(40)36-19-17-35(5)18-20-36)33(4,41)16-15-27(37)21-29(38)43-30/h8-10,13-14,23,25-28,30,37,41H,6-7,11-12,15-22H2,1-5H3,(H,34,39)/b9-8+,14-13+,24-10+/t23-,25+,27+,28+,30-,33+/m1/s1. The van der Waals surface area contributed by atoms with E-state index in [1.807, 2.05) is 52.1 Å². The second kappa shape index (κ2) is 16.4. The maximum atomic E-state index is 13.0. The highest BCUT2D eigenvalue weighted by Crippen LogP contribution is 2.28. The molecule has 0 radical (unpaired) electrons. The number of piperazine rings is 1. The molecule has 1 saturated carbocycles. The molecule has 3 N–H and O–H groups in total. The minimum atomic E-state index is -1.45. The van der Waals surface area contributed by atoms with E-state index in [1.54, 1.807) is 17.9 Å². The van der Waals surface area contributed by atoms with Gasteiger partial charge in [0.2, 0.25) is 5.91 Å². The van der Waals surface area contributed by atoms with Gasteiger partial charge in [0.25, 0.3) is 0 Å². The molecule has 10 nitrogen and oxygen atoms in total. The summed E-state index contributed by atoms with van der Waals surface area (Å²) in [6.07, 6.45) is 10.5. The summed E-state index contributed by atoms with van der Waals surface area (Å²) in [4.78, 5) is 41.9. The summed E-state index contributed by atoms with van der Waals surface area (Å²) in [5.74, 6) is -0.428.